The minimum atomic E-state index is -0.315. The lowest BCUT2D eigenvalue weighted by atomic mass is 9.98. The van der Waals surface area contributed by atoms with Gasteiger partial charge in [0, 0.05) is 31.7 Å². The van der Waals surface area contributed by atoms with Crippen LogP contribution in [-0.4, -0.2) is 51.5 Å². The average Bonchev–Trinajstić information content (AvgIpc) is 3.20. The second-order valence-electron chi connectivity index (χ2n) is 6.67. The number of hydrazine groups is 1. The molecule has 4 rings (SSSR count). The molecule has 24 heavy (non-hydrogen) atoms. The smallest absolute Gasteiger partial charge is 0.228 e. The fourth-order valence-corrected chi connectivity index (χ4v) is 3.68. The first-order chi connectivity index (χ1) is 11.6. The minimum Gasteiger partial charge on any atom is -0.340 e. The molecule has 3 unspecified atom stereocenters. The van der Waals surface area contributed by atoms with Crippen molar-refractivity contribution >= 4 is 16.9 Å². The molecule has 1 amide bonds. The summed E-state index contributed by atoms with van der Waals surface area (Å²) in [6, 6.07) is 4.73. The molecule has 0 aliphatic carbocycles. The van der Waals surface area contributed by atoms with Crippen LogP contribution in [0, 0.1) is 11.7 Å². The number of fused-ring (bicyclic) bond motifs is 1. The van der Waals surface area contributed by atoms with Crippen molar-refractivity contribution in [3.05, 3.63) is 24.0 Å². The van der Waals surface area contributed by atoms with Crippen LogP contribution in [0.15, 0.2) is 18.2 Å². The number of nitrogens with zero attached hydrogens (tertiary/aromatic N) is 4. The van der Waals surface area contributed by atoms with E-state index >= 15 is 0 Å². The Hall–Kier alpha value is -2.06. The fourth-order valence-electron chi connectivity index (χ4n) is 3.68. The Labute approximate surface area is 139 Å². The summed E-state index contributed by atoms with van der Waals surface area (Å²) in [5.41, 5.74) is 7.51. The lowest BCUT2D eigenvalue weighted by Crippen LogP contribution is -2.46. The highest BCUT2D eigenvalue weighted by Crippen LogP contribution is 2.26. The number of hydrogen-bond acceptors (Lipinski definition) is 5. The Morgan fingerprint density at radius 1 is 1.42 bits per heavy atom. The van der Waals surface area contributed by atoms with Gasteiger partial charge in [0.1, 0.15) is 11.3 Å². The molecule has 128 valence electrons. The van der Waals surface area contributed by atoms with Crippen LogP contribution in [-0.2, 0) is 4.79 Å². The highest BCUT2D eigenvalue weighted by atomic mass is 19.1. The van der Waals surface area contributed by atoms with Crippen molar-refractivity contribution in [2.75, 3.05) is 19.6 Å². The first kappa shape index (κ1) is 15.5. The number of aromatic nitrogens is 3. The second-order valence-corrected chi connectivity index (χ2v) is 6.67. The summed E-state index contributed by atoms with van der Waals surface area (Å²) in [5, 5.41) is 8.27. The fraction of sp³-hybridized carbons (Fsp3) is 0.562. The Kier molecular flexibility index (Phi) is 3.93. The van der Waals surface area contributed by atoms with E-state index in [-0.39, 0.29) is 29.7 Å². The Balaban J connectivity index is 1.55. The van der Waals surface area contributed by atoms with E-state index in [0.717, 1.165) is 24.9 Å². The van der Waals surface area contributed by atoms with Crippen molar-refractivity contribution in [1.29, 1.82) is 0 Å². The highest BCUT2D eigenvalue weighted by molar-refractivity contribution is 5.80. The van der Waals surface area contributed by atoms with Crippen molar-refractivity contribution in [3.63, 3.8) is 0 Å². The van der Waals surface area contributed by atoms with Gasteiger partial charge in [0.15, 0.2) is 0 Å². The summed E-state index contributed by atoms with van der Waals surface area (Å²) in [7, 11) is 0. The van der Waals surface area contributed by atoms with Crippen LogP contribution in [0.4, 0.5) is 4.39 Å². The zero-order valence-corrected chi connectivity index (χ0v) is 13.6. The zero-order chi connectivity index (χ0) is 16.7. The van der Waals surface area contributed by atoms with Gasteiger partial charge in [-0.25, -0.2) is 9.07 Å². The first-order valence-corrected chi connectivity index (χ1v) is 8.41. The van der Waals surface area contributed by atoms with Crippen molar-refractivity contribution in [2.45, 2.75) is 31.8 Å². The predicted molar refractivity (Wildman–Crippen MR) is 86.4 cm³/mol. The number of benzene rings is 1. The SMILES string of the molecule is CC1NNCC1C(=O)N1CCCC(n2nnc3cc(F)ccc32)C1. The summed E-state index contributed by atoms with van der Waals surface area (Å²) >= 11 is 0. The van der Waals surface area contributed by atoms with Crippen molar-refractivity contribution in [1.82, 2.24) is 30.7 Å². The van der Waals surface area contributed by atoms with Gasteiger partial charge in [0.25, 0.3) is 0 Å². The maximum Gasteiger partial charge on any atom is 0.228 e. The molecule has 3 heterocycles. The van der Waals surface area contributed by atoms with Gasteiger partial charge < -0.3 is 4.90 Å². The van der Waals surface area contributed by atoms with Gasteiger partial charge in [-0.3, -0.25) is 15.6 Å². The highest BCUT2D eigenvalue weighted by Gasteiger charge is 2.35. The minimum absolute atomic E-state index is 0.0367. The number of hydrogen-bond donors (Lipinski definition) is 2. The standard InChI is InChI=1S/C16H21FN6O/c1-10-13(8-18-19-10)16(24)22-6-2-3-12(9-22)23-15-5-4-11(17)7-14(15)20-21-23/h4-5,7,10,12-13,18-19H,2-3,6,8-9H2,1H3. The van der Waals surface area contributed by atoms with Gasteiger partial charge in [0.05, 0.1) is 17.5 Å². The molecule has 2 saturated heterocycles. The van der Waals surface area contributed by atoms with E-state index in [1.54, 1.807) is 6.07 Å². The van der Waals surface area contributed by atoms with Crippen LogP contribution in [0.25, 0.3) is 11.0 Å². The first-order valence-electron chi connectivity index (χ1n) is 8.41. The molecule has 0 radical (unpaired) electrons. The third-order valence-electron chi connectivity index (χ3n) is 5.06. The van der Waals surface area contributed by atoms with Crippen LogP contribution in [0.2, 0.25) is 0 Å². The third-order valence-corrected chi connectivity index (χ3v) is 5.06. The normalized spacial score (nSPS) is 27.8. The van der Waals surface area contributed by atoms with Crippen LogP contribution < -0.4 is 10.9 Å². The second kappa shape index (κ2) is 6.10. The Morgan fingerprint density at radius 2 is 2.29 bits per heavy atom. The number of halogens is 1. The monoisotopic (exact) mass is 332 g/mol. The number of carbonyl (C=O) groups excluding carboxylic acids is 1. The molecule has 2 aromatic rings. The number of amides is 1. The molecule has 2 N–H and O–H groups in total. The van der Waals surface area contributed by atoms with Crippen molar-refractivity contribution < 1.29 is 9.18 Å². The van der Waals surface area contributed by atoms with E-state index in [9.17, 15) is 9.18 Å². The molecule has 2 fully saturated rings. The summed E-state index contributed by atoms with van der Waals surface area (Å²) in [6.45, 7) is 4.08. The molecule has 7 nitrogen and oxygen atoms in total. The maximum absolute atomic E-state index is 13.3. The molecule has 2 aliphatic rings. The molecule has 0 spiro atoms. The Bertz CT molecular complexity index is 762. The van der Waals surface area contributed by atoms with Gasteiger partial charge in [-0.1, -0.05) is 5.21 Å². The largest absolute Gasteiger partial charge is 0.340 e. The van der Waals surface area contributed by atoms with Crippen LogP contribution in [0.1, 0.15) is 25.8 Å². The number of nitrogens with one attached hydrogen (secondary N) is 2. The Morgan fingerprint density at radius 3 is 3.08 bits per heavy atom. The molecule has 0 bridgehead atoms. The summed E-state index contributed by atoms with van der Waals surface area (Å²) < 4.78 is 15.2. The van der Waals surface area contributed by atoms with Gasteiger partial charge in [-0.15, -0.1) is 5.10 Å². The van der Waals surface area contributed by atoms with E-state index in [1.165, 1.54) is 12.1 Å². The lowest BCUT2D eigenvalue weighted by Gasteiger charge is -2.34. The van der Waals surface area contributed by atoms with Gasteiger partial charge >= 0.3 is 0 Å². The van der Waals surface area contributed by atoms with E-state index in [2.05, 4.69) is 21.2 Å². The van der Waals surface area contributed by atoms with Gasteiger partial charge in [-0.05, 0) is 31.9 Å². The maximum atomic E-state index is 13.3. The van der Waals surface area contributed by atoms with E-state index in [1.807, 2.05) is 16.5 Å². The molecule has 3 atom stereocenters. The topological polar surface area (TPSA) is 75.1 Å². The third kappa shape index (κ3) is 2.65. The van der Waals surface area contributed by atoms with E-state index in [4.69, 9.17) is 0 Å². The molecule has 2 aliphatic heterocycles. The number of piperidine rings is 1. The molecule has 1 aromatic carbocycles. The average molecular weight is 332 g/mol. The summed E-state index contributed by atoms with van der Waals surface area (Å²) in [4.78, 5) is 14.7. The lowest BCUT2D eigenvalue weighted by molar-refractivity contribution is -0.137. The number of likely N-dealkylation sites (tertiary alicyclic amines) is 1. The zero-order valence-electron chi connectivity index (χ0n) is 13.6. The van der Waals surface area contributed by atoms with Gasteiger partial charge in [-0.2, -0.15) is 0 Å². The van der Waals surface area contributed by atoms with Crippen LogP contribution in [0.3, 0.4) is 0 Å². The van der Waals surface area contributed by atoms with Gasteiger partial charge in [0.2, 0.25) is 5.91 Å². The quantitative estimate of drug-likeness (QED) is 0.853. The molecule has 1 aromatic heterocycles. The van der Waals surface area contributed by atoms with Crippen LogP contribution in [0.5, 0.6) is 0 Å². The predicted octanol–water partition coefficient (Wildman–Crippen LogP) is 0.846. The van der Waals surface area contributed by atoms with Crippen molar-refractivity contribution in [2.24, 2.45) is 5.92 Å². The van der Waals surface area contributed by atoms with Crippen LogP contribution >= 0.6 is 0 Å². The molecular weight excluding hydrogens is 311 g/mol. The summed E-state index contributed by atoms with van der Waals surface area (Å²) in [5.74, 6) is -0.171. The molecule has 0 saturated carbocycles. The summed E-state index contributed by atoms with van der Waals surface area (Å²) in [6.07, 6.45) is 1.87. The molecule has 8 heteroatoms. The van der Waals surface area contributed by atoms with Crippen molar-refractivity contribution in [3.8, 4) is 0 Å². The number of carbonyl (C=O) groups is 1. The number of rotatable bonds is 2. The van der Waals surface area contributed by atoms with E-state index < -0.39 is 0 Å². The molecular formula is C16H21FN6O. The van der Waals surface area contributed by atoms with E-state index in [0.29, 0.717) is 18.6 Å².